The van der Waals surface area contributed by atoms with E-state index >= 15 is 0 Å². The Hall–Kier alpha value is -1.39. The summed E-state index contributed by atoms with van der Waals surface area (Å²) in [5.74, 6) is 0.0519. The number of hydrogen-bond acceptors (Lipinski definition) is 3. The van der Waals surface area contributed by atoms with Crippen LogP contribution < -0.4 is 16.4 Å². The zero-order valence-corrected chi connectivity index (χ0v) is 10.1. The van der Waals surface area contributed by atoms with Crippen LogP contribution >= 0.6 is 0 Å². The fraction of sp³-hybridized carbons (Fsp3) is 0.462. The van der Waals surface area contributed by atoms with E-state index in [0.717, 1.165) is 30.6 Å². The molecule has 4 N–H and O–H groups in total. The molecule has 92 valence electrons. The van der Waals surface area contributed by atoms with Crippen molar-refractivity contribution in [3.63, 3.8) is 0 Å². The maximum atomic E-state index is 11.8. The predicted molar refractivity (Wildman–Crippen MR) is 68.7 cm³/mol. The summed E-state index contributed by atoms with van der Waals surface area (Å²) in [5, 5.41) is 6.08. The zero-order valence-electron chi connectivity index (χ0n) is 10.1. The second kappa shape index (κ2) is 5.29. The monoisotopic (exact) mass is 233 g/mol. The highest BCUT2D eigenvalue weighted by Gasteiger charge is 2.21. The summed E-state index contributed by atoms with van der Waals surface area (Å²) >= 11 is 0. The van der Waals surface area contributed by atoms with E-state index < -0.39 is 0 Å². The van der Waals surface area contributed by atoms with Gasteiger partial charge in [-0.25, -0.2) is 0 Å². The highest BCUT2D eigenvalue weighted by Crippen LogP contribution is 2.15. The van der Waals surface area contributed by atoms with E-state index in [1.807, 2.05) is 31.2 Å². The third-order valence-corrected chi connectivity index (χ3v) is 3.08. The number of nitrogens with two attached hydrogens (primary N) is 1. The minimum absolute atomic E-state index is 0.0243. The molecule has 0 saturated carbocycles. The van der Waals surface area contributed by atoms with Gasteiger partial charge in [0, 0.05) is 11.7 Å². The van der Waals surface area contributed by atoms with Gasteiger partial charge in [0.05, 0.1) is 6.04 Å². The molecule has 1 aliphatic rings. The van der Waals surface area contributed by atoms with Crippen LogP contribution in [0.4, 0.5) is 5.69 Å². The molecule has 0 aromatic heterocycles. The molecule has 1 heterocycles. The summed E-state index contributed by atoms with van der Waals surface area (Å²) < 4.78 is 0. The molecular formula is C13H19N3O. The van der Waals surface area contributed by atoms with Gasteiger partial charge in [0.25, 0.3) is 0 Å². The largest absolute Gasteiger partial charge is 0.325 e. The molecule has 1 fully saturated rings. The third kappa shape index (κ3) is 3.05. The topological polar surface area (TPSA) is 67.1 Å². The Labute approximate surface area is 102 Å². The molecule has 4 nitrogen and oxygen atoms in total. The smallest absolute Gasteiger partial charge is 0.241 e. The lowest BCUT2D eigenvalue weighted by atomic mass is 10.1. The highest BCUT2D eigenvalue weighted by atomic mass is 16.2. The van der Waals surface area contributed by atoms with Crippen molar-refractivity contribution in [1.29, 1.82) is 0 Å². The quantitative estimate of drug-likeness (QED) is 0.739. The number of amides is 1. The average molecular weight is 233 g/mol. The van der Waals surface area contributed by atoms with Crippen LogP contribution in [0, 0.1) is 0 Å². The molecule has 17 heavy (non-hydrogen) atoms. The van der Waals surface area contributed by atoms with Crippen molar-refractivity contribution in [1.82, 2.24) is 5.32 Å². The maximum Gasteiger partial charge on any atom is 0.241 e. The molecule has 2 unspecified atom stereocenters. The van der Waals surface area contributed by atoms with Crippen LogP contribution in [0.5, 0.6) is 0 Å². The Kier molecular flexibility index (Phi) is 3.76. The molecule has 1 amide bonds. The predicted octanol–water partition coefficient (Wildman–Crippen LogP) is 1.40. The van der Waals surface area contributed by atoms with Crippen LogP contribution in [-0.2, 0) is 4.79 Å². The summed E-state index contributed by atoms with van der Waals surface area (Å²) in [5.41, 5.74) is 7.67. The SMILES string of the molecule is CC(N)c1ccc(NC(=O)C2CCCN2)cc1. The summed E-state index contributed by atoms with van der Waals surface area (Å²) in [6.07, 6.45) is 1.99. The second-order valence-electron chi connectivity index (χ2n) is 4.55. The van der Waals surface area contributed by atoms with Crippen LogP contribution in [0.15, 0.2) is 24.3 Å². The van der Waals surface area contributed by atoms with Gasteiger partial charge in [-0.05, 0) is 44.0 Å². The van der Waals surface area contributed by atoms with E-state index in [-0.39, 0.29) is 18.0 Å². The van der Waals surface area contributed by atoms with E-state index in [0.29, 0.717) is 0 Å². The van der Waals surface area contributed by atoms with Crippen LogP contribution in [0.25, 0.3) is 0 Å². The van der Waals surface area contributed by atoms with Crippen molar-refractivity contribution in [3.8, 4) is 0 Å². The van der Waals surface area contributed by atoms with E-state index in [9.17, 15) is 4.79 Å². The van der Waals surface area contributed by atoms with Gasteiger partial charge in [-0.1, -0.05) is 12.1 Å². The molecule has 1 aromatic rings. The minimum atomic E-state index is -0.0388. The van der Waals surface area contributed by atoms with Gasteiger partial charge < -0.3 is 16.4 Å². The maximum absolute atomic E-state index is 11.8. The minimum Gasteiger partial charge on any atom is -0.325 e. The Morgan fingerprint density at radius 1 is 1.47 bits per heavy atom. The molecule has 0 radical (unpaired) electrons. The highest BCUT2D eigenvalue weighted by molar-refractivity contribution is 5.95. The number of benzene rings is 1. The number of hydrogen-bond donors (Lipinski definition) is 3. The first kappa shape index (κ1) is 12.1. The molecule has 1 aliphatic heterocycles. The first-order chi connectivity index (χ1) is 8.16. The molecule has 0 spiro atoms. The molecule has 2 atom stereocenters. The molecule has 0 aliphatic carbocycles. The number of carbonyl (C=O) groups is 1. The van der Waals surface area contributed by atoms with E-state index in [4.69, 9.17) is 5.73 Å². The van der Waals surface area contributed by atoms with E-state index in [1.54, 1.807) is 0 Å². The standard InChI is InChI=1S/C13H19N3O/c1-9(14)10-4-6-11(7-5-10)16-13(17)12-3-2-8-15-12/h4-7,9,12,15H,2-3,8,14H2,1H3,(H,16,17). The van der Waals surface area contributed by atoms with Crippen LogP contribution in [0.2, 0.25) is 0 Å². The lowest BCUT2D eigenvalue weighted by Gasteiger charge is -2.12. The van der Waals surface area contributed by atoms with Gasteiger partial charge in [-0.3, -0.25) is 4.79 Å². The lowest BCUT2D eigenvalue weighted by Crippen LogP contribution is -2.35. The molecule has 2 rings (SSSR count). The number of anilines is 1. The van der Waals surface area contributed by atoms with Crippen molar-refractivity contribution in [3.05, 3.63) is 29.8 Å². The lowest BCUT2D eigenvalue weighted by molar-refractivity contribution is -0.117. The number of nitrogens with one attached hydrogen (secondary N) is 2. The van der Waals surface area contributed by atoms with Gasteiger partial charge in [-0.2, -0.15) is 0 Å². The molecule has 0 bridgehead atoms. The number of rotatable bonds is 3. The summed E-state index contributed by atoms with van der Waals surface area (Å²) in [6.45, 7) is 2.87. The summed E-state index contributed by atoms with van der Waals surface area (Å²) in [7, 11) is 0. The molecule has 4 heteroatoms. The average Bonchev–Trinajstić information content (AvgIpc) is 2.83. The normalized spacial score (nSPS) is 21.2. The fourth-order valence-corrected chi connectivity index (χ4v) is 2.01. The van der Waals surface area contributed by atoms with Crippen molar-refractivity contribution in [2.75, 3.05) is 11.9 Å². The van der Waals surface area contributed by atoms with E-state index in [1.165, 1.54) is 0 Å². The van der Waals surface area contributed by atoms with Gasteiger partial charge in [0.2, 0.25) is 5.91 Å². The second-order valence-corrected chi connectivity index (χ2v) is 4.55. The Morgan fingerprint density at radius 2 is 2.18 bits per heavy atom. The van der Waals surface area contributed by atoms with Crippen LogP contribution in [-0.4, -0.2) is 18.5 Å². The Bertz CT molecular complexity index is 380. The van der Waals surface area contributed by atoms with Crippen molar-refractivity contribution < 1.29 is 4.79 Å². The van der Waals surface area contributed by atoms with Crippen molar-refractivity contribution >= 4 is 11.6 Å². The summed E-state index contributed by atoms with van der Waals surface area (Å²) in [4.78, 5) is 11.8. The van der Waals surface area contributed by atoms with Crippen molar-refractivity contribution in [2.24, 2.45) is 5.73 Å². The molecular weight excluding hydrogens is 214 g/mol. The third-order valence-electron chi connectivity index (χ3n) is 3.08. The molecule has 1 aromatic carbocycles. The Morgan fingerprint density at radius 3 is 2.71 bits per heavy atom. The van der Waals surface area contributed by atoms with E-state index in [2.05, 4.69) is 10.6 Å². The fourth-order valence-electron chi connectivity index (χ4n) is 2.01. The van der Waals surface area contributed by atoms with Gasteiger partial charge in [0.1, 0.15) is 0 Å². The number of carbonyl (C=O) groups excluding carboxylic acids is 1. The van der Waals surface area contributed by atoms with Crippen LogP contribution in [0.1, 0.15) is 31.4 Å². The van der Waals surface area contributed by atoms with Gasteiger partial charge in [-0.15, -0.1) is 0 Å². The first-order valence-electron chi connectivity index (χ1n) is 6.06. The van der Waals surface area contributed by atoms with Gasteiger partial charge >= 0.3 is 0 Å². The van der Waals surface area contributed by atoms with Gasteiger partial charge in [0.15, 0.2) is 0 Å². The first-order valence-corrected chi connectivity index (χ1v) is 6.06. The van der Waals surface area contributed by atoms with Crippen molar-refractivity contribution in [2.45, 2.75) is 31.8 Å². The molecule has 1 saturated heterocycles. The zero-order chi connectivity index (χ0) is 12.3. The summed E-state index contributed by atoms with van der Waals surface area (Å²) in [6, 6.07) is 7.67. The Balaban J connectivity index is 1.96. The van der Waals surface area contributed by atoms with Crippen LogP contribution in [0.3, 0.4) is 0 Å².